The zero-order valence-corrected chi connectivity index (χ0v) is 11.9. The van der Waals surface area contributed by atoms with E-state index < -0.39 is 0 Å². The summed E-state index contributed by atoms with van der Waals surface area (Å²) in [4.78, 5) is 19.1. The average molecular weight is 269 g/mol. The molecule has 0 bridgehead atoms. The molecule has 0 atom stereocenters. The minimum atomic E-state index is 0.0391. The van der Waals surface area contributed by atoms with Crippen molar-refractivity contribution in [3.63, 3.8) is 0 Å². The van der Waals surface area contributed by atoms with E-state index >= 15 is 0 Å². The minimum Gasteiger partial charge on any atom is -0.388 e. The molecule has 1 aromatic heterocycles. The van der Waals surface area contributed by atoms with Crippen molar-refractivity contribution in [3.8, 4) is 0 Å². The molecule has 1 saturated carbocycles. The van der Waals surface area contributed by atoms with Gasteiger partial charge in [-0.3, -0.25) is 4.79 Å². The second-order valence-electron chi connectivity index (χ2n) is 5.14. The summed E-state index contributed by atoms with van der Waals surface area (Å²) in [5, 5.41) is 4.20. The van der Waals surface area contributed by atoms with Gasteiger partial charge in [-0.05, 0) is 31.9 Å². The summed E-state index contributed by atoms with van der Waals surface area (Å²) >= 11 is 0. The molecule has 20 heavy (non-hydrogen) atoms. The Kier molecular flexibility index (Phi) is 3.30. The topological polar surface area (TPSA) is 45.2 Å². The van der Waals surface area contributed by atoms with E-state index in [-0.39, 0.29) is 5.91 Å². The maximum atomic E-state index is 12.6. The predicted octanol–water partition coefficient (Wildman–Crippen LogP) is 2.90. The quantitative estimate of drug-likeness (QED) is 0.928. The second-order valence-corrected chi connectivity index (χ2v) is 5.14. The van der Waals surface area contributed by atoms with E-state index in [1.807, 2.05) is 49.2 Å². The molecule has 0 saturated heterocycles. The van der Waals surface area contributed by atoms with Crippen LogP contribution in [0.2, 0.25) is 0 Å². The Labute approximate surface area is 118 Å². The summed E-state index contributed by atoms with van der Waals surface area (Å²) < 4.78 is 0. The van der Waals surface area contributed by atoms with Gasteiger partial charge in [-0.15, -0.1) is 0 Å². The Morgan fingerprint density at radius 3 is 2.80 bits per heavy atom. The molecule has 1 amide bonds. The normalized spacial score (nSPS) is 14.3. The first-order valence-corrected chi connectivity index (χ1v) is 7.13. The van der Waals surface area contributed by atoms with Crippen LogP contribution in [0.5, 0.6) is 0 Å². The molecular formula is C16H19N3O. The van der Waals surface area contributed by atoms with Crippen LogP contribution in [0.1, 0.15) is 30.3 Å². The number of rotatable bonds is 4. The van der Waals surface area contributed by atoms with Crippen molar-refractivity contribution in [1.82, 2.24) is 9.88 Å². The Morgan fingerprint density at radius 1 is 1.40 bits per heavy atom. The van der Waals surface area contributed by atoms with Crippen molar-refractivity contribution < 1.29 is 4.79 Å². The standard InChI is InChI=1S/C16H19N3O/c1-3-19(11-8-9-11)16(20)15-10-14(17-2)12-6-4-5-7-13(12)18-15/h4-7,10-11H,3,8-9H2,1-2H3,(H,17,18). The number of hydrogen-bond acceptors (Lipinski definition) is 3. The van der Waals surface area contributed by atoms with Crippen LogP contribution in [0.15, 0.2) is 30.3 Å². The molecule has 4 nitrogen and oxygen atoms in total. The van der Waals surface area contributed by atoms with Crippen LogP contribution >= 0.6 is 0 Å². The highest BCUT2D eigenvalue weighted by Gasteiger charge is 2.32. The Morgan fingerprint density at radius 2 is 2.15 bits per heavy atom. The number of amides is 1. The van der Waals surface area contributed by atoms with Gasteiger partial charge in [-0.1, -0.05) is 18.2 Å². The zero-order valence-electron chi connectivity index (χ0n) is 11.9. The van der Waals surface area contributed by atoms with Crippen molar-refractivity contribution in [1.29, 1.82) is 0 Å². The van der Waals surface area contributed by atoms with Crippen molar-refractivity contribution in [2.75, 3.05) is 18.9 Å². The van der Waals surface area contributed by atoms with Crippen molar-refractivity contribution in [3.05, 3.63) is 36.0 Å². The zero-order chi connectivity index (χ0) is 14.1. The lowest BCUT2D eigenvalue weighted by molar-refractivity contribution is 0.0747. The number of carbonyl (C=O) groups is 1. The Bertz CT molecular complexity index is 649. The number of anilines is 1. The molecule has 0 unspecified atom stereocenters. The van der Waals surface area contributed by atoms with Gasteiger partial charge in [-0.2, -0.15) is 0 Å². The highest BCUT2D eigenvalue weighted by molar-refractivity contribution is 5.99. The van der Waals surface area contributed by atoms with Gasteiger partial charge in [0.25, 0.3) is 5.91 Å². The minimum absolute atomic E-state index is 0.0391. The third-order valence-electron chi connectivity index (χ3n) is 3.79. The molecule has 1 aliphatic rings. The van der Waals surface area contributed by atoms with Gasteiger partial charge in [0.1, 0.15) is 5.69 Å². The molecule has 1 N–H and O–H groups in total. The van der Waals surface area contributed by atoms with Crippen LogP contribution in [0.4, 0.5) is 5.69 Å². The molecule has 1 fully saturated rings. The monoisotopic (exact) mass is 269 g/mol. The fourth-order valence-corrected chi connectivity index (χ4v) is 2.59. The molecule has 2 aromatic rings. The molecule has 3 rings (SSSR count). The number of hydrogen-bond donors (Lipinski definition) is 1. The fourth-order valence-electron chi connectivity index (χ4n) is 2.59. The summed E-state index contributed by atoms with van der Waals surface area (Å²) in [7, 11) is 1.87. The van der Waals surface area contributed by atoms with E-state index in [1.54, 1.807) is 0 Å². The van der Waals surface area contributed by atoms with E-state index in [0.29, 0.717) is 11.7 Å². The molecule has 1 aromatic carbocycles. The van der Waals surface area contributed by atoms with Crippen molar-refractivity contribution in [2.45, 2.75) is 25.8 Å². The number of aromatic nitrogens is 1. The van der Waals surface area contributed by atoms with E-state index in [4.69, 9.17) is 0 Å². The highest BCUT2D eigenvalue weighted by atomic mass is 16.2. The van der Waals surface area contributed by atoms with Crippen LogP contribution in [-0.2, 0) is 0 Å². The lowest BCUT2D eigenvalue weighted by Gasteiger charge is -2.20. The highest BCUT2D eigenvalue weighted by Crippen LogP contribution is 2.29. The predicted molar refractivity (Wildman–Crippen MR) is 81.0 cm³/mol. The lowest BCUT2D eigenvalue weighted by Crippen LogP contribution is -2.33. The SMILES string of the molecule is CCN(C(=O)c1cc(NC)c2ccccc2n1)C1CC1. The third kappa shape index (κ3) is 2.22. The van der Waals surface area contributed by atoms with Gasteiger partial charge in [0.2, 0.25) is 0 Å². The molecule has 104 valence electrons. The van der Waals surface area contributed by atoms with Gasteiger partial charge < -0.3 is 10.2 Å². The van der Waals surface area contributed by atoms with E-state index in [9.17, 15) is 4.79 Å². The summed E-state index contributed by atoms with van der Waals surface area (Å²) in [6, 6.07) is 10.2. The van der Waals surface area contributed by atoms with Gasteiger partial charge in [0.15, 0.2) is 0 Å². The molecule has 0 radical (unpaired) electrons. The summed E-state index contributed by atoms with van der Waals surface area (Å²) in [6.07, 6.45) is 2.23. The van der Waals surface area contributed by atoms with Crippen LogP contribution < -0.4 is 5.32 Å². The number of nitrogens with zero attached hydrogens (tertiary/aromatic N) is 2. The summed E-state index contributed by atoms with van der Waals surface area (Å²) in [5.74, 6) is 0.0391. The lowest BCUT2D eigenvalue weighted by atomic mass is 10.1. The molecule has 0 spiro atoms. The Balaban J connectivity index is 2.04. The molecule has 4 heteroatoms. The van der Waals surface area contributed by atoms with Crippen molar-refractivity contribution in [2.24, 2.45) is 0 Å². The third-order valence-corrected chi connectivity index (χ3v) is 3.79. The maximum absolute atomic E-state index is 12.6. The fraction of sp³-hybridized carbons (Fsp3) is 0.375. The first-order chi connectivity index (χ1) is 9.74. The number of nitrogens with one attached hydrogen (secondary N) is 1. The van der Waals surface area contributed by atoms with Crippen LogP contribution in [-0.4, -0.2) is 35.4 Å². The number of fused-ring (bicyclic) bond motifs is 1. The molecule has 0 aliphatic heterocycles. The molecule has 1 heterocycles. The number of benzene rings is 1. The Hall–Kier alpha value is -2.10. The second kappa shape index (κ2) is 5.12. The van der Waals surface area contributed by atoms with Crippen LogP contribution in [0.25, 0.3) is 10.9 Å². The smallest absolute Gasteiger partial charge is 0.272 e. The largest absolute Gasteiger partial charge is 0.388 e. The number of carbonyl (C=O) groups excluding carboxylic acids is 1. The summed E-state index contributed by atoms with van der Waals surface area (Å²) in [6.45, 7) is 2.77. The van der Waals surface area contributed by atoms with E-state index in [1.165, 1.54) is 0 Å². The van der Waals surface area contributed by atoms with Crippen molar-refractivity contribution >= 4 is 22.5 Å². The first kappa shape index (κ1) is 12.9. The molecular weight excluding hydrogens is 250 g/mol. The maximum Gasteiger partial charge on any atom is 0.272 e. The van der Waals surface area contributed by atoms with Gasteiger partial charge in [0, 0.05) is 30.7 Å². The number of para-hydroxylation sites is 1. The van der Waals surface area contributed by atoms with Gasteiger partial charge in [0.05, 0.1) is 5.52 Å². The number of pyridine rings is 1. The van der Waals surface area contributed by atoms with E-state index in [0.717, 1.165) is 36.0 Å². The summed E-state index contributed by atoms with van der Waals surface area (Å²) in [5.41, 5.74) is 2.34. The molecule has 1 aliphatic carbocycles. The van der Waals surface area contributed by atoms with Gasteiger partial charge >= 0.3 is 0 Å². The first-order valence-electron chi connectivity index (χ1n) is 7.13. The van der Waals surface area contributed by atoms with Crippen LogP contribution in [0, 0.1) is 0 Å². The van der Waals surface area contributed by atoms with Gasteiger partial charge in [-0.25, -0.2) is 4.98 Å². The average Bonchev–Trinajstić information content (AvgIpc) is 3.31. The van der Waals surface area contributed by atoms with Crippen LogP contribution in [0.3, 0.4) is 0 Å². The van der Waals surface area contributed by atoms with E-state index in [2.05, 4.69) is 10.3 Å².